The Morgan fingerprint density at radius 2 is 2.00 bits per heavy atom. The minimum Gasteiger partial charge on any atom is -0.372 e. The third-order valence-corrected chi connectivity index (χ3v) is 4.61. The number of thiazole rings is 1. The lowest BCUT2D eigenvalue weighted by Gasteiger charge is -2.23. The minimum atomic E-state index is 0. The Morgan fingerprint density at radius 1 is 1.24 bits per heavy atom. The number of aryl methyl sites for hydroxylation is 1. The predicted molar refractivity (Wildman–Crippen MR) is 119 cm³/mol. The van der Waals surface area contributed by atoms with Crippen LogP contribution in [0.15, 0.2) is 41.5 Å². The van der Waals surface area contributed by atoms with E-state index in [2.05, 4.69) is 69.7 Å². The lowest BCUT2D eigenvalue weighted by molar-refractivity contribution is 0.708. The summed E-state index contributed by atoms with van der Waals surface area (Å²) in [6.45, 7) is 7.90. The molecule has 0 fully saturated rings. The molecule has 0 aliphatic rings. The molecule has 2 aromatic rings. The molecule has 0 radical (unpaired) electrons. The standard InChI is InChI=1S/C18H27N5S.HI/c1-4-23(16-9-6-5-7-10-16)12-8-11-20-18(19-3)22-14-17-21-13-15(2)24-17;/h5-7,9-10,13H,4,8,11-12,14H2,1-3H3,(H2,19,20,22);1H. The highest BCUT2D eigenvalue weighted by atomic mass is 127. The molecule has 0 saturated heterocycles. The number of guanidine groups is 1. The molecule has 2 rings (SSSR count). The third-order valence-electron chi connectivity index (χ3n) is 3.70. The molecule has 0 aliphatic carbocycles. The molecule has 138 valence electrons. The topological polar surface area (TPSA) is 52.5 Å². The first-order valence-corrected chi connectivity index (χ1v) is 9.20. The van der Waals surface area contributed by atoms with Gasteiger partial charge in [0.1, 0.15) is 5.01 Å². The van der Waals surface area contributed by atoms with Gasteiger partial charge in [0.05, 0.1) is 6.54 Å². The maximum Gasteiger partial charge on any atom is 0.191 e. The van der Waals surface area contributed by atoms with Crippen molar-refractivity contribution in [1.82, 2.24) is 15.6 Å². The minimum absolute atomic E-state index is 0. The molecule has 2 N–H and O–H groups in total. The highest BCUT2D eigenvalue weighted by molar-refractivity contribution is 14.0. The summed E-state index contributed by atoms with van der Waals surface area (Å²) >= 11 is 1.71. The van der Waals surface area contributed by atoms with Crippen LogP contribution in [-0.2, 0) is 6.54 Å². The first-order chi connectivity index (χ1) is 11.7. The Kier molecular flexibility index (Phi) is 10.5. The van der Waals surface area contributed by atoms with Crippen molar-refractivity contribution in [3.8, 4) is 0 Å². The van der Waals surface area contributed by atoms with Crippen LogP contribution in [0.2, 0.25) is 0 Å². The number of aromatic nitrogens is 1. The fourth-order valence-electron chi connectivity index (χ4n) is 2.45. The molecule has 0 aliphatic heterocycles. The van der Waals surface area contributed by atoms with E-state index in [1.54, 1.807) is 18.4 Å². The van der Waals surface area contributed by atoms with Crippen LogP contribution in [0.1, 0.15) is 23.2 Å². The molecule has 1 aromatic heterocycles. The van der Waals surface area contributed by atoms with Gasteiger partial charge in [-0.25, -0.2) is 4.98 Å². The van der Waals surface area contributed by atoms with Crippen LogP contribution in [0, 0.1) is 6.92 Å². The molecule has 5 nitrogen and oxygen atoms in total. The van der Waals surface area contributed by atoms with Crippen molar-refractivity contribution in [2.75, 3.05) is 31.6 Å². The summed E-state index contributed by atoms with van der Waals surface area (Å²) in [4.78, 5) is 12.2. The second kappa shape index (κ2) is 12.1. The number of hydrogen-bond donors (Lipinski definition) is 2. The number of halogens is 1. The Balaban J connectivity index is 0.00000312. The summed E-state index contributed by atoms with van der Waals surface area (Å²) in [6.07, 6.45) is 2.96. The first kappa shape index (κ1) is 21.7. The van der Waals surface area contributed by atoms with Gasteiger partial charge in [0.2, 0.25) is 0 Å². The largest absolute Gasteiger partial charge is 0.372 e. The van der Waals surface area contributed by atoms with Crippen molar-refractivity contribution in [3.63, 3.8) is 0 Å². The lowest BCUT2D eigenvalue weighted by Crippen LogP contribution is -2.38. The Hall–Kier alpha value is -1.35. The quantitative estimate of drug-likeness (QED) is 0.266. The molecular weight excluding hydrogens is 445 g/mol. The summed E-state index contributed by atoms with van der Waals surface area (Å²) in [6, 6.07) is 10.5. The number of anilines is 1. The van der Waals surface area contributed by atoms with Crippen molar-refractivity contribution in [2.45, 2.75) is 26.8 Å². The van der Waals surface area contributed by atoms with Gasteiger partial charge < -0.3 is 15.5 Å². The maximum atomic E-state index is 4.35. The molecule has 0 unspecified atom stereocenters. The first-order valence-electron chi connectivity index (χ1n) is 8.38. The zero-order chi connectivity index (χ0) is 17.2. The summed E-state index contributed by atoms with van der Waals surface area (Å²) in [5.74, 6) is 0.825. The highest BCUT2D eigenvalue weighted by Gasteiger charge is 2.04. The molecular formula is C18H28IN5S. The van der Waals surface area contributed by atoms with E-state index in [0.29, 0.717) is 6.54 Å². The summed E-state index contributed by atoms with van der Waals surface area (Å²) < 4.78 is 0. The summed E-state index contributed by atoms with van der Waals surface area (Å²) in [5.41, 5.74) is 1.28. The van der Waals surface area contributed by atoms with Crippen molar-refractivity contribution in [1.29, 1.82) is 0 Å². The monoisotopic (exact) mass is 473 g/mol. The van der Waals surface area contributed by atoms with Crippen LogP contribution < -0.4 is 15.5 Å². The molecule has 25 heavy (non-hydrogen) atoms. The summed E-state index contributed by atoms with van der Waals surface area (Å²) in [7, 11) is 1.80. The average molecular weight is 473 g/mol. The Labute approximate surface area is 172 Å². The van der Waals surface area contributed by atoms with Crippen LogP contribution in [0.3, 0.4) is 0 Å². The number of hydrogen-bond acceptors (Lipinski definition) is 4. The fourth-order valence-corrected chi connectivity index (χ4v) is 3.18. The van der Waals surface area contributed by atoms with Gasteiger partial charge in [0.15, 0.2) is 5.96 Å². The van der Waals surface area contributed by atoms with Gasteiger partial charge in [-0.1, -0.05) is 18.2 Å². The zero-order valence-electron chi connectivity index (χ0n) is 15.2. The Morgan fingerprint density at radius 3 is 2.60 bits per heavy atom. The van der Waals surface area contributed by atoms with Gasteiger partial charge in [0, 0.05) is 43.4 Å². The molecule has 1 heterocycles. The smallest absolute Gasteiger partial charge is 0.191 e. The van der Waals surface area contributed by atoms with Gasteiger partial charge in [-0.15, -0.1) is 35.3 Å². The van der Waals surface area contributed by atoms with E-state index in [0.717, 1.165) is 37.0 Å². The van der Waals surface area contributed by atoms with E-state index < -0.39 is 0 Å². The van der Waals surface area contributed by atoms with Crippen LogP contribution >= 0.6 is 35.3 Å². The molecule has 0 atom stereocenters. The van der Waals surface area contributed by atoms with Crippen molar-refractivity contribution in [3.05, 3.63) is 46.4 Å². The van der Waals surface area contributed by atoms with E-state index in [4.69, 9.17) is 0 Å². The number of para-hydroxylation sites is 1. The van der Waals surface area contributed by atoms with Gasteiger partial charge in [-0.05, 0) is 32.4 Å². The summed E-state index contributed by atoms with van der Waals surface area (Å²) in [5, 5.41) is 7.75. The molecule has 1 aromatic carbocycles. The van der Waals surface area contributed by atoms with Gasteiger partial charge >= 0.3 is 0 Å². The van der Waals surface area contributed by atoms with Crippen molar-refractivity contribution < 1.29 is 0 Å². The number of nitrogens with one attached hydrogen (secondary N) is 2. The van der Waals surface area contributed by atoms with E-state index in [-0.39, 0.29) is 24.0 Å². The van der Waals surface area contributed by atoms with E-state index in [1.165, 1.54) is 10.6 Å². The third kappa shape index (κ3) is 7.60. The number of benzene rings is 1. The number of aliphatic imine (C=N–C) groups is 1. The predicted octanol–water partition coefficient (Wildman–Crippen LogP) is 3.65. The molecule has 7 heteroatoms. The van der Waals surface area contributed by atoms with Crippen molar-refractivity contribution in [2.24, 2.45) is 4.99 Å². The lowest BCUT2D eigenvalue weighted by atomic mass is 10.2. The Bertz CT molecular complexity index is 629. The maximum absolute atomic E-state index is 4.35. The second-order valence-electron chi connectivity index (χ2n) is 5.49. The zero-order valence-corrected chi connectivity index (χ0v) is 18.3. The molecule has 0 bridgehead atoms. The van der Waals surface area contributed by atoms with E-state index in [1.807, 2.05) is 6.20 Å². The van der Waals surface area contributed by atoms with Gasteiger partial charge in [-0.2, -0.15) is 0 Å². The van der Waals surface area contributed by atoms with Gasteiger partial charge in [0.25, 0.3) is 0 Å². The molecule has 0 spiro atoms. The van der Waals surface area contributed by atoms with Crippen LogP contribution in [-0.4, -0.2) is 37.6 Å². The average Bonchev–Trinajstić information content (AvgIpc) is 3.03. The van der Waals surface area contributed by atoms with Crippen LogP contribution in [0.4, 0.5) is 5.69 Å². The van der Waals surface area contributed by atoms with E-state index >= 15 is 0 Å². The van der Waals surface area contributed by atoms with Crippen LogP contribution in [0.25, 0.3) is 0 Å². The molecule has 0 amide bonds. The second-order valence-corrected chi connectivity index (χ2v) is 6.81. The van der Waals surface area contributed by atoms with E-state index in [9.17, 15) is 0 Å². The number of nitrogens with zero attached hydrogens (tertiary/aromatic N) is 3. The number of rotatable bonds is 8. The highest BCUT2D eigenvalue weighted by Crippen LogP contribution is 2.12. The van der Waals surface area contributed by atoms with Crippen molar-refractivity contribution >= 4 is 47.0 Å². The SMILES string of the molecule is CCN(CCCNC(=NC)NCc1ncc(C)s1)c1ccccc1.I. The van der Waals surface area contributed by atoms with Crippen LogP contribution in [0.5, 0.6) is 0 Å². The molecule has 0 saturated carbocycles. The van der Waals surface area contributed by atoms with Gasteiger partial charge in [-0.3, -0.25) is 4.99 Å². The fraction of sp³-hybridized carbons (Fsp3) is 0.444. The normalized spacial score (nSPS) is 10.9.